The molecule has 0 radical (unpaired) electrons. The number of benzene rings is 1. The van der Waals surface area contributed by atoms with Crippen molar-refractivity contribution >= 4 is 33.4 Å². The molecule has 1 saturated heterocycles. The van der Waals surface area contributed by atoms with E-state index in [1.165, 1.54) is 11.0 Å². The van der Waals surface area contributed by atoms with Crippen LogP contribution in [0.3, 0.4) is 0 Å². The number of halogens is 2. The van der Waals surface area contributed by atoms with Crippen LogP contribution in [-0.2, 0) is 9.59 Å². The fraction of sp³-hybridized carbons (Fsp3) is 0.200. The maximum Gasteiger partial charge on any atom is 0.246 e. The molecule has 84 valence electrons. The number of nitrogens with one attached hydrogen (secondary N) is 1. The summed E-state index contributed by atoms with van der Waals surface area (Å²) < 4.78 is 14.1. The molecular weight excluding hydrogens is 279 g/mol. The van der Waals surface area contributed by atoms with E-state index in [4.69, 9.17) is 0 Å². The highest BCUT2D eigenvalue weighted by Gasteiger charge is 2.25. The lowest BCUT2D eigenvalue weighted by molar-refractivity contribution is -0.130. The molecule has 0 spiro atoms. The van der Waals surface area contributed by atoms with E-state index in [1.807, 2.05) is 0 Å². The minimum absolute atomic E-state index is 0.0225. The summed E-state index contributed by atoms with van der Waals surface area (Å²) in [5.41, 5.74) is 0.241. The largest absolute Gasteiger partial charge is 0.350 e. The predicted octanol–water partition coefficient (Wildman–Crippen LogP) is 1.05. The predicted molar refractivity (Wildman–Crippen MR) is 59.5 cm³/mol. The zero-order chi connectivity index (χ0) is 11.7. The van der Waals surface area contributed by atoms with Gasteiger partial charge in [0.15, 0.2) is 0 Å². The normalized spacial score (nSPS) is 16.2. The van der Waals surface area contributed by atoms with Gasteiger partial charge in [-0.05, 0) is 28.1 Å². The zero-order valence-electron chi connectivity index (χ0n) is 8.17. The van der Waals surface area contributed by atoms with Gasteiger partial charge in [-0.1, -0.05) is 6.07 Å². The third-order valence-corrected chi connectivity index (χ3v) is 2.84. The quantitative estimate of drug-likeness (QED) is 0.785. The lowest BCUT2D eigenvalue weighted by atomic mass is 10.2. The summed E-state index contributed by atoms with van der Waals surface area (Å²) in [6, 6.07) is 4.50. The Morgan fingerprint density at radius 3 is 2.44 bits per heavy atom. The van der Waals surface area contributed by atoms with E-state index >= 15 is 0 Å². The molecule has 4 nitrogen and oxygen atoms in total. The van der Waals surface area contributed by atoms with E-state index in [0.717, 1.165) is 0 Å². The molecular formula is C10H8BrFN2O2. The molecule has 1 N–H and O–H groups in total. The van der Waals surface area contributed by atoms with Gasteiger partial charge in [0.2, 0.25) is 11.8 Å². The van der Waals surface area contributed by atoms with Crippen LogP contribution in [0.15, 0.2) is 22.7 Å². The number of hydrogen-bond acceptors (Lipinski definition) is 3. The number of rotatable bonds is 1. The third kappa shape index (κ3) is 2.06. The minimum atomic E-state index is -0.461. The molecule has 1 aliphatic rings. The van der Waals surface area contributed by atoms with Crippen LogP contribution < -0.4 is 10.2 Å². The van der Waals surface area contributed by atoms with Crippen LogP contribution in [0.2, 0.25) is 0 Å². The first-order valence-electron chi connectivity index (χ1n) is 4.59. The van der Waals surface area contributed by atoms with Crippen LogP contribution in [0.1, 0.15) is 0 Å². The van der Waals surface area contributed by atoms with E-state index in [9.17, 15) is 14.0 Å². The van der Waals surface area contributed by atoms with Crippen LogP contribution in [0.25, 0.3) is 0 Å². The Hall–Kier alpha value is -1.43. The molecule has 0 unspecified atom stereocenters. The monoisotopic (exact) mass is 286 g/mol. The number of hydrogen-bond donors (Lipinski definition) is 1. The van der Waals surface area contributed by atoms with Gasteiger partial charge in [-0.25, -0.2) is 4.39 Å². The van der Waals surface area contributed by atoms with Gasteiger partial charge in [-0.2, -0.15) is 0 Å². The van der Waals surface area contributed by atoms with Crippen molar-refractivity contribution in [1.29, 1.82) is 0 Å². The average molecular weight is 287 g/mol. The molecule has 1 heterocycles. The van der Waals surface area contributed by atoms with Gasteiger partial charge in [0, 0.05) is 4.47 Å². The Morgan fingerprint density at radius 1 is 1.25 bits per heavy atom. The number of carbonyl (C=O) groups excluding carboxylic acids is 2. The van der Waals surface area contributed by atoms with Crippen molar-refractivity contribution in [1.82, 2.24) is 5.32 Å². The van der Waals surface area contributed by atoms with Crippen molar-refractivity contribution in [2.75, 3.05) is 18.0 Å². The van der Waals surface area contributed by atoms with E-state index in [1.54, 1.807) is 12.1 Å². The van der Waals surface area contributed by atoms with Gasteiger partial charge < -0.3 is 4.90 Å². The number of carbonyl (C=O) groups is 2. The molecule has 0 aliphatic carbocycles. The summed E-state index contributed by atoms with van der Waals surface area (Å²) in [7, 11) is 0. The van der Waals surface area contributed by atoms with Crippen LogP contribution in [-0.4, -0.2) is 24.9 Å². The lowest BCUT2D eigenvalue weighted by Gasteiger charge is -2.28. The Balaban J connectivity index is 2.36. The molecule has 16 heavy (non-hydrogen) atoms. The van der Waals surface area contributed by atoms with Crippen molar-refractivity contribution in [2.24, 2.45) is 0 Å². The smallest absolute Gasteiger partial charge is 0.246 e. The maximum absolute atomic E-state index is 13.6. The Kier molecular flexibility index (Phi) is 2.91. The molecule has 2 amide bonds. The number of anilines is 1. The summed E-state index contributed by atoms with van der Waals surface area (Å²) in [4.78, 5) is 23.7. The highest BCUT2D eigenvalue weighted by Crippen LogP contribution is 2.29. The van der Waals surface area contributed by atoms with Crippen molar-refractivity contribution in [3.05, 3.63) is 28.5 Å². The topological polar surface area (TPSA) is 49.4 Å². The number of para-hydroxylation sites is 1. The van der Waals surface area contributed by atoms with Crippen LogP contribution >= 0.6 is 15.9 Å². The van der Waals surface area contributed by atoms with E-state index in [0.29, 0.717) is 4.47 Å². The molecule has 0 atom stereocenters. The molecule has 0 bridgehead atoms. The third-order valence-electron chi connectivity index (χ3n) is 2.20. The molecule has 1 aromatic carbocycles. The fourth-order valence-corrected chi connectivity index (χ4v) is 2.18. The Bertz CT molecular complexity index is 428. The van der Waals surface area contributed by atoms with E-state index in [-0.39, 0.29) is 18.8 Å². The van der Waals surface area contributed by atoms with E-state index < -0.39 is 17.6 Å². The van der Waals surface area contributed by atoms with Gasteiger partial charge >= 0.3 is 0 Å². The second-order valence-corrected chi connectivity index (χ2v) is 4.25. The summed E-state index contributed by atoms with van der Waals surface area (Å²) in [5, 5.41) is 2.16. The molecule has 1 fully saturated rings. The summed E-state index contributed by atoms with van der Waals surface area (Å²) >= 11 is 3.20. The highest BCUT2D eigenvalue weighted by molar-refractivity contribution is 9.10. The maximum atomic E-state index is 13.6. The standard InChI is InChI=1S/C10H8BrFN2O2/c11-6-2-1-3-7(12)10(6)14-4-8(15)13-9(16)5-14/h1-3H,4-5H2,(H,13,15,16). The van der Waals surface area contributed by atoms with E-state index in [2.05, 4.69) is 21.2 Å². The molecule has 0 aromatic heterocycles. The summed E-state index contributed by atoms with van der Waals surface area (Å²) in [6.07, 6.45) is 0. The second kappa shape index (κ2) is 4.21. The first-order valence-corrected chi connectivity index (χ1v) is 5.39. The average Bonchev–Trinajstić information content (AvgIpc) is 2.15. The molecule has 6 heteroatoms. The van der Waals surface area contributed by atoms with Crippen molar-refractivity contribution < 1.29 is 14.0 Å². The first kappa shape index (κ1) is 11.1. The molecule has 2 rings (SSSR count). The van der Waals surface area contributed by atoms with Gasteiger partial charge in [0.05, 0.1) is 18.8 Å². The lowest BCUT2D eigenvalue weighted by Crippen LogP contribution is -2.51. The van der Waals surface area contributed by atoms with Crippen LogP contribution in [0.4, 0.5) is 10.1 Å². The van der Waals surface area contributed by atoms with Gasteiger partial charge in [0.1, 0.15) is 5.82 Å². The second-order valence-electron chi connectivity index (χ2n) is 3.40. The highest BCUT2D eigenvalue weighted by atomic mass is 79.9. The number of nitrogens with zero attached hydrogens (tertiary/aromatic N) is 1. The van der Waals surface area contributed by atoms with Crippen molar-refractivity contribution in [3.8, 4) is 0 Å². The van der Waals surface area contributed by atoms with Gasteiger partial charge in [-0.3, -0.25) is 14.9 Å². The minimum Gasteiger partial charge on any atom is -0.350 e. The zero-order valence-corrected chi connectivity index (χ0v) is 9.75. The summed E-state index contributed by atoms with van der Waals surface area (Å²) in [5.74, 6) is -1.31. The van der Waals surface area contributed by atoms with Crippen molar-refractivity contribution in [3.63, 3.8) is 0 Å². The number of imide groups is 1. The Morgan fingerprint density at radius 2 is 1.88 bits per heavy atom. The fourth-order valence-electron chi connectivity index (χ4n) is 1.59. The molecule has 1 aliphatic heterocycles. The van der Waals surface area contributed by atoms with Crippen molar-refractivity contribution in [2.45, 2.75) is 0 Å². The number of amides is 2. The molecule has 1 aromatic rings. The Labute approximate surface area is 99.6 Å². The number of piperazine rings is 1. The van der Waals surface area contributed by atoms with Gasteiger partial charge in [0.25, 0.3) is 0 Å². The first-order chi connectivity index (χ1) is 7.58. The summed E-state index contributed by atoms with van der Waals surface area (Å²) in [6.45, 7) is -0.0451. The molecule has 0 saturated carbocycles. The SMILES string of the molecule is O=C1CN(c2c(F)cccc2Br)CC(=O)N1. The van der Waals surface area contributed by atoms with Crippen LogP contribution in [0, 0.1) is 5.82 Å². The van der Waals surface area contributed by atoms with Crippen LogP contribution in [0.5, 0.6) is 0 Å². The van der Waals surface area contributed by atoms with Gasteiger partial charge in [-0.15, -0.1) is 0 Å².